The SMILES string of the molecule is CCCCCC/C=C\CCCC(=O)NC(CO)C(O)/C=C/CCCCCCCCCCCCCCCCCC. The van der Waals surface area contributed by atoms with Crippen molar-refractivity contribution in [3.05, 3.63) is 24.3 Å². The number of hydrogen-bond donors (Lipinski definition) is 3. The van der Waals surface area contributed by atoms with Crippen LogP contribution in [0.4, 0.5) is 0 Å². The van der Waals surface area contributed by atoms with Crippen molar-refractivity contribution in [2.45, 2.75) is 187 Å². The third-order valence-corrected chi connectivity index (χ3v) is 7.68. The number of carbonyl (C=O) groups is 1. The summed E-state index contributed by atoms with van der Waals surface area (Å²) < 4.78 is 0. The van der Waals surface area contributed by atoms with Crippen molar-refractivity contribution in [2.75, 3.05) is 6.61 Å². The molecule has 4 heteroatoms. The molecule has 0 fully saturated rings. The van der Waals surface area contributed by atoms with Crippen LogP contribution in [0.15, 0.2) is 24.3 Å². The first kappa shape index (κ1) is 37.9. The van der Waals surface area contributed by atoms with E-state index in [1.807, 2.05) is 6.08 Å². The number of nitrogens with one attached hydrogen (secondary N) is 1. The summed E-state index contributed by atoms with van der Waals surface area (Å²) in [6, 6.07) is -0.631. The molecule has 0 bridgehead atoms. The second-order valence-electron chi connectivity index (χ2n) is 11.6. The van der Waals surface area contributed by atoms with Gasteiger partial charge in [0, 0.05) is 6.42 Å². The molecule has 0 radical (unpaired) electrons. The van der Waals surface area contributed by atoms with E-state index in [4.69, 9.17) is 0 Å². The number of allylic oxidation sites excluding steroid dienone is 3. The fourth-order valence-corrected chi connectivity index (χ4v) is 5.00. The monoisotopic (exact) mass is 550 g/mol. The molecule has 1 amide bonds. The summed E-state index contributed by atoms with van der Waals surface area (Å²) in [7, 11) is 0. The van der Waals surface area contributed by atoms with Crippen molar-refractivity contribution in [2.24, 2.45) is 0 Å². The third-order valence-electron chi connectivity index (χ3n) is 7.68. The molecule has 0 rings (SSSR count). The van der Waals surface area contributed by atoms with Crippen molar-refractivity contribution in [1.82, 2.24) is 5.32 Å². The summed E-state index contributed by atoms with van der Waals surface area (Å²) in [6.07, 6.45) is 38.4. The number of rotatable bonds is 30. The summed E-state index contributed by atoms with van der Waals surface area (Å²) >= 11 is 0. The van der Waals surface area contributed by atoms with E-state index in [2.05, 4.69) is 31.3 Å². The Morgan fingerprint density at radius 2 is 0.974 bits per heavy atom. The van der Waals surface area contributed by atoms with E-state index in [-0.39, 0.29) is 12.5 Å². The molecule has 0 spiro atoms. The molecular formula is C35H67NO3. The van der Waals surface area contributed by atoms with E-state index in [9.17, 15) is 15.0 Å². The van der Waals surface area contributed by atoms with Gasteiger partial charge in [-0.05, 0) is 38.5 Å². The van der Waals surface area contributed by atoms with Crippen LogP contribution < -0.4 is 5.32 Å². The fraction of sp³-hybridized carbons (Fsp3) is 0.857. The lowest BCUT2D eigenvalue weighted by molar-refractivity contribution is -0.122. The molecule has 0 saturated heterocycles. The molecule has 4 nitrogen and oxygen atoms in total. The van der Waals surface area contributed by atoms with Crippen LogP contribution >= 0.6 is 0 Å². The standard InChI is InChI=1S/C35H67NO3/c1-3-5-7-9-11-13-14-15-16-17-18-19-20-21-23-24-26-28-30-34(38)33(32-37)36-35(39)31-29-27-25-22-12-10-8-6-4-2/h22,25,28,30,33-34,37-38H,3-21,23-24,26-27,29,31-32H2,1-2H3,(H,36,39)/b25-22-,30-28+. The molecule has 2 unspecified atom stereocenters. The van der Waals surface area contributed by atoms with Crippen LogP contribution in [0.25, 0.3) is 0 Å². The zero-order valence-corrected chi connectivity index (χ0v) is 26.2. The first-order valence-electron chi connectivity index (χ1n) is 17.1. The normalized spacial score (nSPS) is 13.4. The number of unbranched alkanes of at least 4 members (excludes halogenated alkanes) is 21. The van der Waals surface area contributed by atoms with Crippen LogP contribution in [-0.2, 0) is 4.79 Å². The number of amides is 1. The molecule has 0 aromatic rings. The van der Waals surface area contributed by atoms with Gasteiger partial charge >= 0.3 is 0 Å². The van der Waals surface area contributed by atoms with Gasteiger partial charge in [-0.15, -0.1) is 0 Å². The maximum absolute atomic E-state index is 12.2. The Morgan fingerprint density at radius 3 is 1.44 bits per heavy atom. The average molecular weight is 550 g/mol. The minimum absolute atomic E-state index is 0.101. The molecule has 2 atom stereocenters. The van der Waals surface area contributed by atoms with Crippen LogP contribution in [0.1, 0.15) is 174 Å². The Balaban J connectivity index is 3.63. The first-order chi connectivity index (χ1) is 19.2. The topological polar surface area (TPSA) is 69.6 Å². The molecule has 0 aromatic heterocycles. The maximum atomic E-state index is 12.2. The van der Waals surface area contributed by atoms with Crippen LogP contribution in [0, 0.1) is 0 Å². The summed E-state index contributed by atoms with van der Waals surface area (Å²) in [5, 5.41) is 22.7. The minimum Gasteiger partial charge on any atom is -0.394 e. The zero-order valence-electron chi connectivity index (χ0n) is 26.2. The highest BCUT2D eigenvalue weighted by atomic mass is 16.3. The van der Waals surface area contributed by atoms with Gasteiger partial charge in [0.1, 0.15) is 0 Å². The Kier molecular flexibility index (Phi) is 30.5. The van der Waals surface area contributed by atoms with Gasteiger partial charge in [-0.1, -0.05) is 154 Å². The highest BCUT2D eigenvalue weighted by Gasteiger charge is 2.17. The molecule has 39 heavy (non-hydrogen) atoms. The van der Waals surface area contributed by atoms with E-state index in [0.29, 0.717) is 6.42 Å². The lowest BCUT2D eigenvalue weighted by Gasteiger charge is -2.19. The van der Waals surface area contributed by atoms with Crippen LogP contribution in [0.5, 0.6) is 0 Å². The summed E-state index contributed by atoms with van der Waals surface area (Å²) in [5.41, 5.74) is 0. The number of aliphatic hydroxyl groups excluding tert-OH is 2. The highest BCUT2D eigenvalue weighted by Crippen LogP contribution is 2.14. The lowest BCUT2D eigenvalue weighted by Crippen LogP contribution is -2.45. The van der Waals surface area contributed by atoms with E-state index in [1.165, 1.54) is 122 Å². The van der Waals surface area contributed by atoms with Crippen molar-refractivity contribution < 1.29 is 15.0 Å². The van der Waals surface area contributed by atoms with Gasteiger partial charge < -0.3 is 15.5 Å². The van der Waals surface area contributed by atoms with Crippen molar-refractivity contribution in [1.29, 1.82) is 0 Å². The predicted molar refractivity (Wildman–Crippen MR) is 170 cm³/mol. The summed E-state index contributed by atoms with van der Waals surface area (Å²) in [5.74, 6) is -0.101. The van der Waals surface area contributed by atoms with Crippen LogP contribution in [-0.4, -0.2) is 34.9 Å². The number of hydrogen-bond acceptors (Lipinski definition) is 3. The molecule has 0 aliphatic carbocycles. The molecular weight excluding hydrogens is 482 g/mol. The van der Waals surface area contributed by atoms with E-state index >= 15 is 0 Å². The molecule has 0 saturated carbocycles. The van der Waals surface area contributed by atoms with Gasteiger partial charge in [-0.25, -0.2) is 0 Å². The van der Waals surface area contributed by atoms with Crippen molar-refractivity contribution in [3.8, 4) is 0 Å². The second-order valence-corrected chi connectivity index (χ2v) is 11.6. The zero-order chi connectivity index (χ0) is 28.7. The van der Waals surface area contributed by atoms with Gasteiger partial charge in [0.15, 0.2) is 0 Å². The average Bonchev–Trinajstić information content (AvgIpc) is 2.94. The fourth-order valence-electron chi connectivity index (χ4n) is 5.00. The van der Waals surface area contributed by atoms with Gasteiger partial charge in [-0.3, -0.25) is 4.79 Å². The number of carbonyl (C=O) groups excluding carboxylic acids is 1. The lowest BCUT2D eigenvalue weighted by atomic mass is 10.0. The smallest absolute Gasteiger partial charge is 0.220 e. The van der Waals surface area contributed by atoms with Crippen LogP contribution in [0.2, 0.25) is 0 Å². The molecule has 0 aromatic carbocycles. The molecule has 3 N–H and O–H groups in total. The quantitative estimate of drug-likeness (QED) is 0.0617. The summed E-state index contributed by atoms with van der Waals surface area (Å²) in [6.45, 7) is 4.25. The highest BCUT2D eigenvalue weighted by molar-refractivity contribution is 5.76. The van der Waals surface area contributed by atoms with Gasteiger partial charge in [0.05, 0.1) is 18.8 Å². The van der Waals surface area contributed by atoms with Gasteiger partial charge in [0.2, 0.25) is 5.91 Å². The Morgan fingerprint density at radius 1 is 0.590 bits per heavy atom. The van der Waals surface area contributed by atoms with Crippen molar-refractivity contribution >= 4 is 5.91 Å². The largest absolute Gasteiger partial charge is 0.394 e. The maximum Gasteiger partial charge on any atom is 0.220 e. The second kappa shape index (κ2) is 31.4. The van der Waals surface area contributed by atoms with E-state index in [1.54, 1.807) is 6.08 Å². The Bertz CT molecular complexity index is 560. The Labute approximate surface area is 243 Å². The minimum atomic E-state index is -0.844. The molecule has 0 heterocycles. The Hall–Kier alpha value is -1.13. The third kappa shape index (κ3) is 28.2. The molecule has 0 aliphatic heterocycles. The van der Waals surface area contributed by atoms with Gasteiger partial charge in [0.25, 0.3) is 0 Å². The first-order valence-corrected chi connectivity index (χ1v) is 17.1. The predicted octanol–water partition coefficient (Wildman–Crippen LogP) is 9.73. The van der Waals surface area contributed by atoms with E-state index in [0.717, 1.165) is 32.1 Å². The van der Waals surface area contributed by atoms with Crippen molar-refractivity contribution in [3.63, 3.8) is 0 Å². The summed E-state index contributed by atoms with van der Waals surface area (Å²) in [4.78, 5) is 12.2. The molecule has 0 aliphatic rings. The number of aliphatic hydroxyl groups is 2. The van der Waals surface area contributed by atoms with E-state index < -0.39 is 12.1 Å². The van der Waals surface area contributed by atoms with Gasteiger partial charge in [-0.2, -0.15) is 0 Å². The van der Waals surface area contributed by atoms with Crippen LogP contribution in [0.3, 0.4) is 0 Å². The molecule has 230 valence electrons.